The number of aliphatic carboxylic acids is 1. The third-order valence-electron chi connectivity index (χ3n) is 1.68. The second-order valence-electron chi connectivity index (χ2n) is 3.10. The van der Waals surface area contributed by atoms with Crippen LogP contribution in [0.4, 0.5) is 4.39 Å². The predicted molar refractivity (Wildman–Crippen MR) is 56.4 cm³/mol. The third-order valence-corrected chi connectivity index (χ3v) is 2.18. The summed E-state index contributed by atoms with van der Waals surface area (Å²) < 4.78 is 19.0. The fourth-order valence-corrected chi connectivity index (χ4v) is 1.41. The summed E-state index contributed by atoms with van der Waals surface area (Å²) >= 11 is 3.17. The van der Waals surface area contributed by atoms with Crippen LogP contribution in [-0.2, 0) is 4.79 Å². The molecule has 0 amide bonds. The Bertz CT molecular complexity index is 368. The summed E-state index contributed by atoms with van der Waals surface area (Å²) in [7, 11) is 0. The van der Waals surface area contributed by atoms with E-state index < -0.39 is 17.9 Å². The molecule has 5 heteroatoms. The third kappa shape index (κ3) is 3.87. The Morgan fingerprint density at radius 3 is 2.93 bits per heavy atom. The molecule has 0 aliphatic rings. The number of hydrogen-bond acceptors (Lipinski definition) is 2. The van der Waals surface area contributed by atoms with Gasteiger partial charge in [-0.2, -0.15) is 0 Å². The number of ether oxygens (including phenoxy) is 1. The molecule has 0 fully saturated rings. The van der Waals surface area contributed by atoms with Gasteiger partial charge >= 0.3 is 5.97 Å². The highest BCUT2D eigenvalue weighted by Crippen LogP contribution is 2.23. The van der Waals surface area contributed by atoms with Gasteiger partial charge in [-0.3, -0.25) is 4.79 Å². The Hall–Kier alpha value is -1.10. The molecule has 1 rings (SSSR count). The minimum atomic E-state index is -0.974. The van der Waals surface area contributed by atoms with Crippen molar-refractivity contribution >= 4 is 21.9 Å². The number of hydrogen-bond donors (Lipinski definition) is 1. The van der Waals surface area contributed by atoms with Crippen LogP contribution in [0, 0.1) is 5.82 Å². The van der Waals surface area contributed by atoms with Gasteiger partial charge in [-0.05, 0) is 25.1 Å². The van der Waals surface area contributed by atoms with E-state index in [0.717, 1.165) is 0 Å². The van der Waals surface area contributed by atoms with Crippen LogP contribution >= 0.6 is 15.9 Å². The maximum Gasteiger partial charge on any atom is 0.307 e. The molecule has 0 aromatic heterocycles. The van der Waals surface area contributed by atoms with Crippen molar-refractivity contribution in [2.45, 2.75) is 19.4 Å². The summed E-state index contributed by atoms with van der Waals surface area (Å²) in [5, 5.41) is 8.50. The van der Waals surface area contributed by atoms with Gasteiger partial charge in [0.2, 0.25) is 0 Å². The Morgan fingerprint density at radius 2 is 2.33 bits per heavy atom. The first-order valence-corrected chi connectivity index (χ1v) is 5.12. The van der Waals surface area contributed by atoms with Crippen LogP contribution in [0.15, 0.2) is 22.7 Å². The second kappa shape index (κ2) is 5.11. The minimum Gasteiger partial charge on any atom is -0.487 e. The van der Waals surface area contributed by atoms with Crippen LogP contribution in [0.2, 0.25) is 0 Å². The summed E-state index contributed by atoms with van der Waals surface area (Å²) in [5.41, 5.74) is 0. The Kier molecular flexibility index (Phi) is 4.08. The van der Waals surface area contributed by atoms with Crippen molar-refractivity contribution in [3.63, 3.8) is 0 Å². The molecule has 0 spiro atoms. The first-order valence-electron chi connectivity index (χ1n) is 4.32. The van der Waals surface area contributed by atoms with Gasteiger partial charge in [-0.15, -0.1) is 0 Å². The first-order chi connectivity index (χ1) is 6.99. The number of halogens is 2. The highest BCUT2D eigenvalue weighted by Gasteiger charge is 2.12. The molecule has 0 aliphatic carbocycles. The van der Waals surface area contributed by atoms with E-state index in [1.165, 1.54) is 12.1 Å². The van der Waals surface area contributed by atoms with Crippen molar-refractivity contribution in [3.05, 3.63) is 28.5 Å². The molecule has 0 saturated heterocycles. The van der Waals surface area contributed by atoms with E-state index >= 15 is 0 Å². The summed E-state index contributed by atoms with van der Waals surface area (Å²) in [6, 6.07) is 4.27. The van der Waals surface area contributed by atoms with Gasteiger partial charge in [0.15, 0.2) is 11.6 Å². The Balaban J connectivity index is 2.71. The predicted octanol–water partition coefficient (Wildman–Crippen LogP) is 2.83. The molecule has 0 unspecified atom stereocenters. The van der Waals surface area contributed by atoms with E-state index in [9.17, 15) is 9.18 Å². The number of carbonyl (C=O) groups is 1. The maximum absolute atomic E-state index is 13.2. The maximum atomic E-state index is 13.2. The molecule has 1 aromatic carbocycles. The van der Waals surface area contributed by atoms with Gasteiger partial charge in [0.25, 0.3) is 0 Å². The molecule has 0 heterocycles. The summed E-state index contributed by atoms with van der Waals surface area (Å²) in [5.74, 6) is -1.42. The highest BCUT2D eigenvalue weighted by molar-refractivity contribution is 9.10. The van der Waals surface area contributed by atoms with E-state index in [1.807, 2.05) is 0 Å². The molecular weight excluding hydrogens is 267 g/mol. The SMILES string of the molecule is C[C@H](CC(=O)O)Oc1cc(Br)ccc1F. The molecule has 1 atom stereocenters. The molecule has 1 aromatic rings. The van der Waals surface area contributed by atoms with Gasteiger partial charge in [0.1, 0.15) is 6.10 Å². The van der Waals surface area contributed by atoms with Gasteiger partial charge in [-0.1, -0.05) is 15.9 Å². The zero-order valence-corrected chi connectivity index (χ0v) is 9.62. The lowest BCUT2D eigenvalue weighted by Gasteiger charge is -2.13. The first kappa shape index (κ1) is 12.0. The molecule has 3 nitrogen and oxygen atoms in total. The molecular formula is C10H10BrFO3. The zero-order chi connectivity index (χ0) is 11.4. The fraction of sp³-hybridized carbons (Fsp3) is 0.300. The van der Waals surface area contributed by atoms with Crippen molar-refractivity contribution in [1.82, 2.24) is 0 Å². The largest absolute Gasteiger partial charge is 0.487 e. The lowest BCUT2D eigenvalue weighted by atomic mass is 10.3. The lowest BCUT2D eigenvalue weighted by molar-refractivity contribution is -0.138. The Morgan fingerprint density at radius 1 is 1.67 bits per heavy atom. The van der Waals surface area contributed by atoms with Crippen molar-refractivity contribution in [1.29, 1.82) is 0 Å². The van der Waals surface area contributed by atoms with Gasteiger partial charge < -0.3 is 9.84 Å². The van der Waals surface area contributed by atoms with Crippen LogP contribution in [0.1, 0.15) is 13.3 Å². The number of carboxylic acids is 1. The van der Waals surface area contributed by atoms with Crippen LogP contribution in [0.5, 0.6) is 5.75 Å². The lowest BCUT2D eigenvalue weighted by Crippen LogP contribution is -2.17. The number of carboxylic acid groups (broad SMARTS) is 1. The van der Waals surface area contributed by atoms with Crippen molar-refractivity contribution in [2.24, 2.45) is 0 Å². The van der Waals surface area contributed by atoms with E-state index in [1.54, 1.807) is 13.0 Å². The summed E-state index contributed by atoms with van der Waals surface area (Å²) in [6.07, 6.45) is -0.724. The summed E-state index contributed by atoms with van der Waals surface area (Å²) in [4.78, 5) is 10.4. The molecule has 1 N–H and O–H groups in total. The van der Waals surface area contributed by atoms with E-state index in [0.29, 0.717) is 4.47 Å². The molecule has 0 aliphatic heterocycles. The van der Waals surface area contributed by atoms with E-state index in [-0.39, 0.29) is 12.2 Å². The van der Waals surface area contributed by atoms with Crippen molar-refractivity contribution in [3.8, 4) is 5.75 Å². The quantitative estimate of drug-likeness (QED) is 0.920. The molecule has 15 heavy (non-hydrogen) atoms. The average molecular weight is 277 g/mol. The smallest absolute Gasteiger partial charge is 0.307 e. The molecule has 0 bridgehead atoms. The highest BCUT2D eigenvalue weighted by atomic mass is 79.9. The zero-order valence-electron chi connectivity index (χ0n) is 8.04. The average Bonchev–Trinajstić information content (AvgIpc) is 2.10. The van der Waals surface area contributed by atoms with E-state index in [2.05, 4.69) is 15.9 Å². The molecule has 0 radical (unpaired) electrons. The van der Waals surface area contributed by atoms with Crippen LogP contribution in [0.25, 0.3) is 0 Å². The van der Waals surface area contributed by atoms with Crippen LogP contribution < -0.4 is 4.74 Å². The number of benzene rings is 1. The number of rotatable bonds is 4. The fourth-order valence-electron chi connectivity index (χ4n) is 1.07. The normalized spacial score (nSPS) is 12.2. The monoisotopic (exact) mass is 276 g/mol. The van der Waals surface area contributed by atoms with Crippen LogP contribution in [0.3, 0.4) is 0 Å². The van der Waals surface area contributed by atoms with Crippen molar-refractivity contribution in [2.75, 3.05) is 0 Å². The van der Waals surface area contributed by atoms with E-state index in [4.69, 9.17) is 9.84 Å². The van der Waals surface area contributed by atoms with Gasteiger partial charge in [-0.25, -0.2) is 4.39 Å². The second-order valence-corrected chi connectivity index (χ2v) is 4.02. The van der Waals surface area contributed by atoms with Crippen molar-refractivity contribution < 1.29 is 19.0 Å². The van der Waals surface area contributed by atoms with Gasteiger partial charge in [0, 0.05) is 4.47 Å². The Labute approximate surface area is 95.0 Å². The van der Waals surface area contributed by atoms with Crippen LogP contribution in [-0.4, -0.2) is 17.2 Å². The summed E-state index contributed by atoms with van der Waals surface area (Å²) in [6.45, 7) is 1.58. The van der Waals surface area contributed by atoms with Gasteiger partial charge in [0.05, 0.1) is 6.42 Å². The topological polar surface area (TPSA) is 46.5 Å². The minimum absolute atomic E-state index is 0.0538. The molecule has 82 valence electrons. The standard InChI is InChI=1S/C10H10BrFO3/c1-6(4-10(13)14)15-9-5-7(11)2-3-8(9)12/h2-3,5-6H,4H2,1H3,(H,13,14)/t6-/m1/s1. The molecule has 0 saturated carbocycles.